The molecule has 1 aromatic heterocycles. The molecule has 0 atom stereocenters. The van der Waals surface area contributed by atoms with E-state index in [0.29, 0.717) is 17.4 Å². The van der Waals surface area contributed by atoms with Crippen LogP contribution in [-0.2, 0) is 11.3 Å². The fourth-order valence-electron chi connectivity index (χ4n) is 1.81. The molecule has 4 nitrogen and oxygen atoms in total. The van der Waals surface area contributed by atoms with Crippen molar-refractivity contribution in [2.45, 2.75) is 13.5 Å². The van der Waals surface area contributed by atoms with Crippen LogP contribution in [0.15, 0.2) is 24.3 Å². The fourth-order valence-corrected chi connectivity index (χ4v) is 2.67. The summed E-state index contributed by atoms with van der Waals surface area (Å²) < 4.78 is 17.8. The maximum absolute atomic E-state index is 13.1. The number of ether oxygens (including phenoxy) is 1. The second kappa shape index (κ2) is 6.00. The zero-order valence-electron chi connectivity index (χ0n) is 11.5. The van der Waals surface area contributed by atoms with Gasteiger partial charge in [-0.2, -0.15) is 0 Å². The first-order valence-corrected chi connectivity index (χ1v) is 6.84. The lowest BCUT2D eigenvalue weighted by Crippen LogP contribution is -2.16. The van der Waals surface area contributed by atoms with Crippen molar-refractivity contribution in [3.8, 4) is 0 Å². The highest BCUT2D eigenvalue weighted by Crippen LogP contribution is 2.26. The molecule has 20 heavy (non-hydrogen) atoms. The van der Waals surface area contributed by atoms with Crippen LogP contribution < -0.4 is 4.90 Å². The first-order chi connectivity index (χ1) is 9.51. The number of carbonyl (C=O) groups is 1. The fraction of sp³-hybridized carbons (Fsp3) is 0.286. The number of esters is 1. The number of aromatic nitrogens is 1. The van der Waals surface area contributed by atoms with Crippen LogP contribution in [0.2, 0.25) is 0 Å². The Kier molecular flexibility index (Phi) is 4.34. The van der Waals surface area contributed by atoms with Gasteiger partial charge in [0, 0.05) is 18.5 Å². The molecule has 0 aliphatic rings. The molecule has 0 aliphatic heterocycles. The number of halogens is 1. The zero-order chi connectivity index (χ0) is 14.7. The van der Waals surface area contributed by atoms with Gasteiger partial charge < -0.3 is 9.64 Å². The first kappa shape index (κ1) is 14.5. The first-order valence-electron chi connectivity index (χ1n) is 6.02. The number of hydrogen-bond donors (Lipinski definition) is 0. The third-order valence-corrected chi connectivity index (χ3v) is 3.88. The average Bonchev–Trinajstić information content (AvgIpc) is 2.80. The molecule has 0 fully saturated rings. The predicted molar refractivity (Wildman–Crippen MR) is 76.7 cm³/mol. The minimum absolute atomic E-state index is 0.263. The van der Waals surface area contributed by atoms with Gasteiger partial charge in [-0.05, 0) is 24.6 Å². The van der Waals surface area contributed by atoms with Gasteiger partial charge in [-0.3, -0.25) is 0 Å². The van der Waals surface area contributed by atoms with Crippen molar-refractivity contribution in [3.63, 3.8) is 0 Å². The lowest BCUT2D eigenvalue weighted by molar-refractivity contribution is 0.0594. The van der Waals surface area contributed by atoms with Gasteiger partial charge in [-0.15, -0.1) is 11.3 Å². The van der Waals surface area contributed by atoms with E-state index in [4.69, 9.17) is 0 Å². The lowest BCUT2D eigenvalue weighted by atomic mass is 10.2. The topological polar surface area (TPSA) is 42.4 Å². The Morgan fingerprint density at radius 3 is 2.90 bits per heavy atom. The second-order valence-corrected chi connectivity index (χ2v) is 5.56. The molecule has 1 heterocycles. The summed E-state index contributed by atoms with van der Waals surface area (Å²) >= 11 is 1.41. The molecule has 0 bridgehead atoms. The van der Waals surface area contributed by atoms with Crippen molar-refractivity contribution in [3.05, 3.63) is 46.2 Å². The van der Waals surface area contributed by atoms with Crippen molar-refractivity contribution in [1.82, 2.24) is 4.98 Å². The molecule has 0 aliphatic carbocycles. The molecule has 0 N–H and O–H groups in total. The van der Waals surface area contributed by atoms with Gasteiger partial charge in [0.2, 0.25) is 0 Å². The Bertz CT molecular complexity index is 627. The van der Waals surface area contributed by atoms with Crippen LogP contribution in [0, 0.1) is 12.7 Å². The van der Waals surface area contributed by atoms with Crippen molar-refractivity contribution < 1.29 is 13.9 Å². The summed E-state index contributed by atoms with van der Waals surface area (Å²) in [5, 5.41) is 0.701. The van der Waals surface area contributed by atoms with E-state index in [9.17, 15) is 9.18 Å². The Morgan fingerprint density at radius 1 is 1.50 bits per heavy atom. The van der Waals surface area contributed by atoms with Gasteiger partial charge in [0.25, 0.3) is 0 Å². The highest BCUT2D eigenvalue weighted by molar-refractivity contribution is 7.15. The molecule has 0 spiro atoms. The van der Waals surface area contributed by atoms with E-state index in [2.05, 4.69) is 9.72 Å². The van der Waals surface area contributed by atoms with Crippen LogP contribution in [0.25, 0.3) is 0 Å². The number of hydrogen-bond acceptors (Lipinski definition) is 5. The zero-order valence-corrected chi connectivity index (χ0v) is 12.3. The molecule has 2 aromatic rings. The molecule has 0 saturated heterocycles. The quantitative estimate of drug-likeness (QED) is 0.813. The number of aryl methyl sites for hydroxylation is 1. The van der Waals surface area contributed by atoms with E-state index in [1.54, 1.807) is 6.07 Å². The van der Waals surface area contributed by atoms with Crippen molar-refractivity contribution >= 4 is 22.4 Å². The summed E-state index contributed by atoms with van der Waals surface area (Å²) in [5.74, 6) is -0.703. The van der Waals surface area contributed by atoms with Gasteiger partial charge in [0.15, 0.2) is 10.8 Å². The third-order valence-electron chi connectivity index (χ3n) is 2.80. The van der Waals surface area contributed by atoms with Crippen LogP contribution in [0.3, 0.4) is 0 Å². The number of thiazole rings is 1. The summed E-state index contributed by atoms with van der Waals surface area (Å²) in [6.45, 7) is 2.34. The number of carbonyl (C=O) groups excluding carboxylic acids is 1. The van der Waals surface area contributed by atoms with E-state index in [1.165, 1.54) is 30.6 Å². The maximum Gasteiger partial charge on any atom is 0.357 e. The van der Waals surface area contributed by atoms with Crippen LogP contribution >= 0.6 is 11.3 Å². The van der Waals surface area contributed by atoms with Gasteiger partial charge in [-0.1, -0.05) is 12.1 Å². The summed E-state index contributed by atoms with van der Waals surface area (Å²) in [6, 6.07) is 6.41. The molecule has 6 heteroatoms. The highest BCUT2D eigenvalue weighted by atomic mass is 32.1. The van der Waals surface area contributed by atoms with Crippen molar-refractivity contribution in [2.24, 2.45) is 0 Å². The standard InChI is InChI=1S/C14H15FN2O2S/c1-9-12(13(18)19-3)16-14(20-9)17(2)8-10-5-4-6-11(15)7-10/h4-7H,8H2,1-3H3. The van der Waals surface area contributed by atoms with Gasteiger partial charge >= 0.3 is 5.97 Å². The van der Waals surface area contributed by atoms with Gasteiger partial charge in [0.05, 0.1) is 7.11 Å². The molecular weight excluding hydrogens is 279 g/mol. The Balaban J connectivity index is 2.17. The van der Waals surface area contributed by atoms with Gasteiger partial charge in [-0.25, -0.2) is 14.2 Å². The maximum atomic E-state index is 13.1. The number of benzene rings is 1. The molecule has 106 valence electrons. The largest absolute Gasteiger partial charge is 0.464 e. The van der Waals surface area contributed by atoms with Crippen molar-refractivity contribution in [1.29, 1.82) is 0 Å². The van der Waals surface area contributed by atoms with Crippen LogP contribution in [-0.4, -0.2) is 25.1 Å². The van der Waals surface area contributed by atoms with Crippen LogP contribution in [0.1, 0.15) is 20.9 Å². The minimum atomic E-state index is -0.441. The van der Waals surface area contributed by atoms with E-state index in [-0.39, 0.29) is 5.82 Å². The molecule has 1 aromatic carbocycles. The van der Waals surface area contributed by atoms with Gasteiger partial charge in [0.1, 0.15) is 5.82 Å². The summed E-state index contributed by atoms with van der Waals surface area (Å²) in [6.07, 6.45) is 0. The number of rotatable bonds is 4. The number of methoxy groups -OCH3 is 1. The van der Waals surface area contributed by atoms with E-state index < -0.39 is 5.97 Å². The van der Waals surface area contributed by atoms with Crippen LogP contribution in [0.4, 0.5) is 9.52 Å². The molecule has 0 unspecified atom stereocenters. The average molecular weight is 294 g/mol. The SMILES string of the molecule is COC(=O)c1nc(N(C)Cc2cccc(F)c2)sc1C. The summed E-state index contributed by atoms with van der Waals surface area (Å²) in [7, 11) is 3.18. The van der Waals surface area contributed by atoms with E-state index in [1.807, 2.05) is 24.9 Å². The van der Waals surface area contributed by atoms with E-state index >= 15 is 0 Å². The second-order valence-electron chi connectivity index (χ2n) is 4.38. The lowest BCUT2D eigenvalue weighted by Gasteiger charge is -2.15. The molecule has 0 amide bonds. The smallest absolute Gasteiger partial charge is 0.357 e. The Morgan fingerprint density at radius 2 is 2.25 bits per heavy atom. The molecule has 2 rings (SSSR count). The summed E-state index contributed by atoms with van der Waals surface area (Å²) in [5.41, 5.74) is 1.18. The third kappa shape index (κ3) is 3.14. The van der Waals surface area contributed by atoms with Crippen LogP contribution in [0.5, 0.6) is 0 Å². The molecule has 0 radical (unpaired) electrons. The number of anilines is 1. The number of nitrogens with zero attached hydrogens (tertiary/aromatic N) is 2. The molecule has 0 saturated carbocycles. The molecular formula is C14H15FN2O2S. The minimum Gasteiger partial charge on any atom is -0.464 e. The van der Waals surface area contributed by atoms with Crippen molar-refractivity contribution in [2.75, 3.05) is 19.1 Å². The normalized spacial score (nSPS) is 10.4. The predicted octanol–water partition coefficient (Wildman–Crippen LogP) is 3.01. The summed E-state index contributed by atoms with van der Waals surface area (Å²) in [4.78, 5) is 18.5. The van der Waals surface area contributed by atoms with E-state index in [0.717, 1.165) is 10.4 Å². The monoisotopic (exact) mass is 294 g/mol. The Hall–Kier alpha value is -1.95. The highest BCUT2D eigenvalue weighted by Gasteiger charge is 2.17. The Labute approximate surface area is 120 Å².